The minimum Gasteiger partial charge on any atom is -0.497 e. The molecule has 6 heteroatoms. The average molecular weight is 390 g/mol. The number of ether oxygens (including phenoxy) is 1. The molecule has 1 amide bonds. The zero-order valence-corrected chi connectivity index (χ0v) is 16.6. The molecule has 2 heterocycles. The van der Waals surface area contributed by atoms with Crippen molar-refractivity contribution in [2.24, 2.45) is 7.05 Å². The highest BCUT2D eigenvalue weighted by Gasteiger charge is 2.14. The van der Waals surface area contributed by atoms with Crippen LogP contribution in [-0.2, 0) is 18.3 Å². The van der Waals surface area contributed by atoms with Crippen LogP contribution in [0.2, 0.25) is 0 Å². The van der Waals surface area contributed by atoms with Crippen LogP contribution in [0.25, 0.3) is 21.9 Å². The molecule has 2 aromatic carbocycles. The fourth-order valence-electron chi connectivity index (χ4n) is 3.65. The Hall–Kier alpha value is -3.54. The largest absolute Gasteiger partial charge is 0.497 e. The summed E-state index contributed by atoms with van der Waals surface area (Å²) in [7, 11) is 3.53. The number of rotatable bonds is 5. The fraction of sp³-hybridized carbons (Fsp3) is 0.217. The SMILES string of the molecule is COc1ccc2c(C)c(CCC(=O)Nc3cccc4c3ccn4C)c(=O)oc2c1. The maximum Gasteiger partial charge on any atom is 0.339 e. The molecular formula is C23H22N2O4. The van der Waals surface area contributed by atoms with Gasteiger partial charge in [0.15, 0.2) is 0 Å². The van der Waals surface area contributed by atoms with Gasteiger partial charge < -0.3 is 19.0 Å². The van der Waals surface area contributed by atoms with Crippen molar-refractivity contribution in [1.29, 1.82) is 0 Å². The zero-order valence-electron chi connectivity index (χ0n) is 16.6. The third-order valence-corrected chi connectivity index (χ3v) is 5.30. The summed E-state index contributed by atoms with van der Waals surface area (Å²) in [5, 5.41) is 4.79. The predicted octanol–water partition coefficient (Wildman–Crippen LogP) is 4.17. The molecule has 1 N–H and O–H groups in total. The highest BCUT2D eigenvalue weighted by atomic mass is 16.5. The van der Waals surface area contributed by atoms with E-state index in [4.69, 9.17) is 9.15 Å². The van der Waals surface area contributed by atoms with Crippen molar-refractivity contribution in [2.75, 3.05) is 12.4 Å². The van der Waals surface area contributed by atoms with Gasteiger partial charge in [0, 0.05) is 47.6 Å². The molecule has 2 aromatic heterocycles. The Morgan fingerprint density at radius 2 is 2.00 bits per heavy atom. The van der Waals surface area contributed by atoms with E-state index in [1.165, 1.54) is 0 Å². The van der Waals surface area contributed by atoms with Crippen molar-refractivity contribution in [3.63, 3.8) is 0 Å². The zero-order chi connectivity index (χ0) is 20.5. The number of aromatic nitrogens is 1. The van der Waals surface area contributed by atoms with Gasteiger partial charge in [-0.2, -0.15) is 0 Å². The molecule has 0 atom stereocenters. The number of anilines is 1. The van der Waals surface area contributed by atoms with Gasteiger partial charge in [0.2, 0.25) is 5.91 Å². The molecule has 0 fully saturated rings. The van der Waals surface area contributed by atoms with Crippen molar-refractivity contribution in [1.82, 2.24) is 4.57 Å². The lowest BCUT2D eigenvalue weighted by Gasteiger charge is -2.10. The smallest absolute Gasteiger partial charge is 0.339 e. The topological polar surface area (TPSA) is 73.5 Å². The van der Waals surface area contributed by atoms with Gasteiger partial charge in [-0.05, 0) is 49.2 Å². The van der Waals surface area contributed by atoms with Crippen molar-refractivity contribution in [2.45, 2.75) is 19.8 Å². The van der Waals surface area contributed by atoms with Crippen LogP contribution in [-0.4, -0.2) is 17.6 Å². The number of amides is 1. The Bertz CT molecular complexity index is 1280. The number of nitrogens with one attached hydrogen (secondary N) is 1. The van der Waals surface area contributed by atoms with Crippen LogP contribution >= 0.6 is 0 Å². The Balaban J connectivity index is 1.54. The summed E-state index contributed by atoms with van der Waals surface area (Å²) in [5.74, 6) is 0.484. The summed E-state index contributed by atoms with van der Waals surface area (Å²) in [6.07, 6.45) is 2.46. The third kappa shape index (κ3) is 3.49. The molecule has 0 aliphatic rings. The number of benzene rings is 2. The van der Waals surface area contributed by atoms with Gasteiger partial charge in [0.05, 0.1) is 12.8 Å². The van der Waals surface area contributed by atoms with Crippen molar-refractivity contribution in [3.05, 3.63) is 70.2 Å². The average Bonchev–Trinajstić information content (AvgIpc) is 3.09. The Kier molecular flexibility index (Phi) is 4.84. The molecule has 0 spiro atoms. The molecule has 0 unspecified atom stereocenters. The highest BCUT2D eigenvalue weighted by molar-refractivity contribution is 6.01. The number of fused-ring (bicyclic) bond motifs is 2. The lowest BCUT2D eigenvalue weighted by atomic mass is 10.0. The van der Waals surface area contributed by atoms with E-state index in [0.29, 0.717) is 23.3 Å². The number of hydrogen-bond donors (Lipinski definition) is 1. The van der Waals surface area contributed by atoms with Gasteiger partial charge in [-0.3, -0.25) is 4.79 Å². The summed E-state index contributed by atoms with van der Waals surface area (Å²) in [6, 6.07) is 13.2. The number of carbonyl (C=O) groups is 1. The quantitative estimate of drug-likeness (QED) is 0.519. The molecule has 4 rings (SSSR count). The van der Waals surface area contributed by atoms with Crippen LogP contribution in [0, 0.1) is 6.92 Å². The van der Waals surface area contributed by atoms with Crippen LogP contribution < -0.4 is 15.7 Å². The van der Waals surface area contributed by atoms with E-state index in [1.807, 2.05) is 61.1 Å². The standard InChI is InChI=1S/C23H22N2O4/c1-14-16-8-7-15(28-3)13-21(16)29-23(27)17(14)9-10-22(26)24-19-5-4-6-20-18(19)11-12-25(20)2/h4-8,11-13H,9-10H2,1-3H3,(H,24,26). The summed E-state index contributed by atoms with van der Waals surface area (Å²) >= 11 is 0. The Morgan fingerprint density at radius 1 is 1.17 bits per heavy atom. The second-order valence-corrected chi connectivity index (χ2v) is 7.07. The lowest BCUT2D eigenvalue weighted by molar-refractivity contribution is -0.116. The molecule has 0 aliphatic carbocycles. The van der Waals surface area contributed by atoms with E-state index in [1.54, 1.807) is 13.2 Å². The minimum absolute atomic E-state index is 0.144. The van der Waals surface area contributed by atoms with Gasteiger partial charge in [0.1, 0.15) is 11.3 Å². The number of carbonyl (C=O) groups excluding carboxylic acids is 1. The first-order chi connectivity index (χ1) is 14.0. The molecule has 0 saturated heterocycles. The van der Waals surface area contributed by atoms with E-state index in [2.05, 4.69) is 5.32 Å². The highest BCUT2D eigenvalue weighted by Crippen LogP contribution is 2.26. The van der Waals surface area contributed by atoms with Gasteiger partial charge in [0.25, 0.3) is 0 Å². The molecule has 0 saturated carbocycles. The first-order valence-electron chi connectivity index (χ1n) is 9.42. The van der Waals surface area contributed by atoms with E-state index in [-0.39, 0.29) is 12.3 Å². The number of methoxy groups -OCH3 is 1. The van der Waals surface area contributed by atoms with E-state index < -0.39 is 5.63 Å². The summed E-state index contributed by atoms with van der Waals surface area (Å²) < 4.78 is 12.6. The second-order valence-electron chi connectivity index (χ2n) is 7.07. The number of aryl methyl sites for hydroxylation is 2. The first kappa shape index (κ1) is 18.8. The van der Waals surface area contributed by atoms with Crippen molar-refractivity contribution < 1.29 is 13.9 Å². The monoisotopic (exact) mass is 390 g/mol. The normalized spacial score (nSPS) is 11.1. The lowest BCUT2D eigenvalue weighted by Crippen LogP contribution is -2.16. The van der Waals surface area contributed by atoms with Crippen molar-refractivity contribution in [3.8, 4) is 5.75 Å². The van der Waals surface area contributed by atoms with Crippen molar-refractivity contribution >= 4 is 33.5 Å². The molecule has 0 aliphatic heterocycles. The van der Waals surface area contributed by atoms with Crippen LogP contribution in [0.3, 0.4) is 0 Å². The number of hydrogen-bond acceptors (Lipinski definition) is 4. The number of nitrogens with zero attached hydrogens (tertiary/aromatic N) is 1. The molecule has 0 radical (unpaired) electrons. The van der Waals surface area contributed by atoms with Gasteiger partial charge in [-0.25, -0.2) is 4.79 Å². The summed E-state index contributed by atoms with van der Waals surface area (Å²) in [4.78, 5) is 25.0. The molecule has 0 bridgehead atoms. The van der Waals surface area contributed by atoms with Crippen LogP contribution in [0.1, 0.15) is 17.5 Å². The van der Waals surface area contributed by atoms with Crippen LogP contribution in [0.4, 0.5) is 5.69 Å². The maximum absolute atomic E-state index is 12.5. The molecule has 6 nitrogen and oxygen atoms in total. The third-order valence-electron chi connectivity index (χ3n) is 5.30. The molecule has 4 aromatic rings. The van der Waals surface area contributed by atoms with E-state index in [0.717, 1.165) is 27.5 Å². The summed E-state index contributed by atoms with van der Waals surface area (Å²) in [6.45, 7) is 1.88. The van der Waals surface area contributed by atoms with Crippen LogP contribution in [0.5, 0.6) is 5.75 Å². The fourth-order valence-corrected chi connectivity index (χ4v) is 3.65. The maximum atomic E-state index is 12.5. The first-order valence-corrected chi connectivity index (χ1v) is 9.42. The summed E-state index contributed by atoms with van der Waals surface area (Å²) in [5.41, 5.74) is 3.23. The molecule has 148 valence electrons. The predicted molar refractivity (Wildman–Crippen MR) is 114 cm³/mol. The Morgan fingerprint density at radius 3 is 2.79 bits per heavy atom. The molecule has 29 heavy (non-hydrogen) atoms. The second kappa shape index (κ2) is 7.47. The minimum atomic E-state index is -0.416. The van der Waals surface area contributed by atoms with E-state index >= 15 is 0 Å². The molecular weight excluding hydrogens is 368 g/mol. The van der Waals surface area contributed by atoms with Gasteiger partial charge in [-0.15, -0.1) is 0 Å². The van der Waals surface area contributed by atoms with Gasteiger partial charge in [-0.1, -0.05) is 6.07 Å². The van der Waals surface area contributed by atoms with Gasteiger partial charge >= 0.3 is 5.63 Å². The van der Waals surface area contributed by atoms with E-state index in [9.17, 15) is 9.59 Å². The Labute approximate surface area is 167 Å². The van der Waals surface area contributed by atoms with Crippen LogP contribution in [0.15, 0.2) is 57.9 Å².